The molecule has 86 valence electrons. The Morgan fingerprint density at radius 1 is 1.62 bits per heavy atom. The van der Waals surface area contributed by atoms with Crippen LogP contribution in [0.3, 0.4) is 0 Å². The molecule has 0 aliphatic carbocycles. The molecule has 0 bridgehead atoms. The summed E-state index contributed by atoms with van der Waals surface area (Å²) in [5.74, 6) is 0. The predicted molar refractivity (Wildman–Crippen MR) is 66.7 cm³/mol. The third-order valence-corrected chi connectivity index (χ3v) is 4.17. The number of ether oxygens (including phenoxy) is 1. The van der Waals surface area contributed by atoms with Gasteiger partial charge < -0.3 is 9.29 Å². The van der Waals surface area contributed by atoms with E-state index in [-0.39, 0.29) is 0 Å². The van der Waals surface area contributed by atoms with Crippen LogP contribution in [0.4, 0.5) is 0 Å². The molecular formula is C9H9NO3S3. The van der Waals surface area contributed by atoms with E-state index in [0.717, 1.165) is 10.2 Å². The van der Waals surface area contributed by atoms with Gasteiger partial charge in [0.2, 0.25) is 0 Å². The van der Waals surface area contributed by atoms with Crippen LogP contribution >= 0.6 is 23.6 Å². The van der Waals surface area contributed by atoms with Crippen molar-refractivity contribution in [3.8, 4) is 0 Å². The van der Waals surface area contributed by atoms with Gasteiger partial charge in [-0.1, -0.05) is 0 Å². The molecule has 1 aromatic carbocycles. The summed E-state index contributed by atoms with van der Waals surface area (Å²) in [6, 6.07) is 5.08. The maximum absolute atomic E-state index is 10.9. The van der Waals surface area contributed by atoms with Gasteiger partial charge in [-0.2, -0.15) is 0 Å². The van der Waals surface area contributed by atoms with Crippen molar-refractivity contribution in [1.29, 1.82) is 0 Å². The summed E-state index contributed by atoms with van der Waals surface area (Å²) in [5, 5.41) is 0. The molecule has 0 saturated heterocycles. The van der Waals surface area contributed by atoms with E-state index in [1.54, 1.807) is 25.3 Å². The van der Waals surface area contributed by atoms with Gasteiger partial charge in [0.05, 0.1) is 15.1 Å². The van der Waals surface area contributed by atoms with Crippen LogP contribution in [0, 0.1) is 3.95 Å². The second-order valence-corrected chi connectivity index (χ2v) is 5.74. The van der Waals surface area contributed by atoms with E-state index in [2.05, 4.69) is 0 Å². The molecule has 0 amide bonds. The van der Waals surface area contributed by atoms with Gasteiger partial charge in [-0.3, -0.25) is 4.57 Å². The molecule has 1 heterocycles. The summed E-state index contributed by atoms with van der Waals surface area (Å²) in [6.07, 6.45) is 0. The van der Waals surface area contributed by atoms with Crippen molar-refractivity contribution in [3.63, 3.8) is 0 Å². The van der Waals surface area contributed by atoms with Gasteiger partial charge in [-0.05, 0) is 30.4 Å². The number of rotatable bonds is 3. The summed E-state index contributed by atoms with van der Waals surface area (Å²) < 4.78 is 28.4. The molecule has 1 unspecified atom stereocenters. The smallest absolute Gasteiger partial charge is 0.186 e. The molecule has 0 aliphatic heterocycles. The fourth-order valence-electron chi connectivity index (χ4n) is 1.41. The maximum Gasteiger partial charge on any atom is 0.186 e. The van der Waals surface area contributed by atoms with Crippen molar-refractivity contribution in [2.24, 2.45) is 0 Å². The van der Waals surface area contributed by atoms with E-state index in [9.17, 15) is 4.21 Å². The van der Waals surface area contributed by atoms with Crippen LogP contribution in [-0.4, -0.2) is 20.4 Å². The van der Waals surface area contributed by atoms with Crippen LogP contribution in [-0.2, 0) is 22.5 Å². The number of aromatic nitrogens is 1. The number of methoxy groups -OCH3 is 1. The minimum atomic E-state index is -1.95. The van der Waals surface area contributed by atoms with Crippen molar-refractivity contribution in [1.82, 2.24) is 4.57 Å². The van der Waals surface area contributed by atoms with Crippen LogP contribution in [0.2, 0.25) is 0 Å². The monoisotopic (exact) mass is 275 g/mol. The van der Waals surface area contributed by atoms with Crippen LogP contribution in [0.1, 0.15) is 0 Å². The molecular weight excluding hydrogens is 266 g/mol. The molecule has 0 saturated carbocycles. The quantitative estimate of drug-likeness (QED) is 0.691. The summed E-state index contributed by atoms with van der Waals surface area (Å²) >= 11 is 4.64. The fraction of sp³-hybridized carbons (Fsp3) is 0.222. The van der Waals surface area contributed by atoms with E-state index in [1.165, 1.54) is 11.3 Å². The minimum absolute atomic E-state index is 0.383. The van der Waals surface area contributed by atoms with Crippen LogP contribution in [0.5, 0.6) is 0 Å². The first-order valence-electron chi connectivity index (χ1n) is 4.36. The largest absolute Gasteiger partial charge is 0.364 e. The molecule has 0 spiro atoms. The number of hydrogen-bond acceptors (Lipinski definition) is 4. The lowest BCUT2D eigenvalue weighted by Crippen LogP contribution is -1.98. The van der Waals surface area contributed by atoms with Gasteiger partial charge in [0, 0.05) is 7.11 Å². The SMILES string of the molecule is COCn1c(=S)sc2cc(S(=O)O)ccc21. The van der Waals surface area contributed by atoms with Gasteiger partial charge in [-0.15, -0.1) is 11.3 Å². The average Bonchev–Trinajstić information content (AvgIpc) is 2.55. The van der Waals surface area contributed by atoms with Crippen molar-refractivity contribution in [2.75, 3.05) is 7.11 Å². The summed E-state index contributed by atoms with van der Waals surface area (Å²) in [5.41, 5.74) is 0.922. The molecule has 1 aromatic heterocycles. The highest BCUT2D eigenvalue weighted by atomic mass is 32.2. The zero-order chi connectivity index (χ0) is 11.7. The Balaban J connectivity index is 2.65. The number of benzene rings is 1. The Bertz CT molecular complexity index is 602. The topological polar surface area (TPSA) is 51.5 Å². The Labute approximate surface area is 104 Å². The van der Waals surface area contributed by atoms with Gasteiger partial charge in [0.1, 0.15) is 6.73 Å². The molecule has 0 fully saturated rings. The van der Waals surface area contributed by atoms with E-state index in [0.29, 0.717) is 15.6 Å². The predicted octanol–water partition coefficient (Wildman–Crippen LogP) is 2.62. The Kier molecular flexibility index (Phi) is 3.50. The first kappa shape index (κ1) is 11.9. The standard InChI is InChI=1S/C9H9NO3S3/c1-13-5-10-7-3-2-6(16(11)12)4-8(7)15-9(10)14/h2-4H,5H2,1H3,(H,11,12). The van der Waals surface area contributed by atoms with Crippen LogP contribution in [0.25, 0.3) is 10.2 Å². The first-order chi connectivity index (χ1) is 7.63. The Hall–Kier alpha value is -0.600. The number of nitrogens with zero attached hydrogens (tertiary/aromatic N) is 1. The lowest BCUT2D eigenvalue weighted by Gasteiger charge is -2.02. The van der Waals surface area contributed by atoms with Gasteiger partial charge in [-0.25, -0.2) is 4.21 Å². The fourth-order valence-corrected chi connectivity index (χ4v) is 3.22. The number of fused-ring (bicyclic) bond motifs is 1. The van der Waals surface area contributed by atoms with Crippen LogP contribution in [0.15, 0.2) is 23.1 Å². The Morgan fingerprint density at radius 2 is 2.38 bits per heavy atom. The van der Waals surface area contributed by atoms with E-state index >= 15 is 0 Å². The molecule has 4 nitrogen and oxygen atoms in total. The third kappa shape index (κ3) is 2.09. The summed E-state index contributed by atoms with van der Waals surface area (Å²) in [4.78, 5) is 0.383. The van der Waals surface area contributed by atoms with E-state index in [4.69, 9.17) is 21.5 Å². The van der Waals surface area contributed by atoms with Gasteiger partial charge >= 0.3 is 0 Å². The normalized spacial score (nSPS) is 13.1. The van der Waals surface area contributed by atoms with Crippen molar-refractivity contribution in [3.05, 3.63) is 22.2 Å². The average molecular weight is 275 g/mol. The summed E-state index contributed by atoms with van der Waals surface area (Å²) in [7, 11) is 1.60. The van der Waals surface area contributed by atoms with Crippen LogP contribution < -0.4 is 0 Å². The lowest BCUT2D eigenvalue weighted by molar-refractivity contribution is 0.134. The maximum atomic E-state index is 10.9. The van der Waals surface area contributed by atoms with Crippen molar-refractivity contribution in [2.45, 2.75) is 11.6 Å². The molecule has 1 N–H and O–H groups in total. The molecule has 2 rings (SSSR count). The molecule has 2 aromatic rings. The molecule has 7 heteroatoms. The second kappa shape index (κ2) is 4.72. The van der Waals surface area contributed by atoms with E-state index < -0.39 is 11.1 Å². The highest BCUT2D eigenvalue weighted by Crippen LogP contribution is 2.25. The highest BCUT2D eigenvalue weighted by molar-refractivity contribution is 7.79. The zero-order valence-electron chi connectivity index (χ0n) is 8.37. The van der Waals surface area contributed by atoms with Crippen molar-refractivity contribution >= 4 is 44.9 Å². The molecule has 0 radical (unpaired) electrons. The molecule has 16 heavy (non-hydrogen) atoms. The second-order valence-electron chi connectivity index (χ2n) is 3.09. The first-order valence-corrected chi connectivity index (χ1v) is 6.70. The molecule has 1 atom stereocenters. The zero-order valence-corrected chi connectivity index (χ0v) is 10.8. The van der Waals surface area contributed by atoms with Crippen molar-refractivity contribution < 1.29 is 13.5 Å². The van der Waals surface area contributed by atoms with E-state index in [1.807, 2.05) is 4.57 Å². The number of hydrogen-bond donors (Lipinski definition) is 1. The number of thiazole rings is 1. The van der Waals surface area contributed by atoms with Gasteiger partial charge in [0.25, 0.3) is 0 Å². The third-order valence-electron chi connectivity index (χ3n) is 2.10. The molecule has 0 aliphatic rings. The minimum Gasteiger partial charge on any atom is -0.364 e. The van der Waals surface area contributed by atoms with Gasteiger partial charge in [0.15, 0.2) is 15.0 Å². The lowest BCUT2D eigenvalue weighted by atomic mass is 10.3. The summed E-state index contributed by atoms with van der Waals surface area (Å²) in [6.45, 7) is 0.389. The Morgan fingerprint density at radius 3 is 3.00 bits per heavy atom. The highest BCUT2D eigenvalue weighted by Gasteiger charge is 2.07.